The third-order valence-corrected chi connectivity index (χ3v) is 6.25. The van der Waals surface area contributed by atoms with Crippen LogP contribution in [0.3, 0.4) is 0 Å². The first-order valence-electron chi connectivity index (χ1n) is 9.95. The molecule has 0 unspecified atom stereocenters. The van der Waals surface area contributed by atoms with Crippen LogP contribution in [0.1, 0.15) is 56.7 Å². The number of benzene rings is 2. The molecule has 3 heteroatoms. The molecule has 142 valence electrons. The molecular formula is C24H29NO2. The first-order valence-corrected chi connectivity index (χ1v) is 9.95. The van der Waals surface area contributed by atoms with E-state index in [0.29, 0.717) is 6.61 Å². The molecule has 0 bridgehead atoms. The van der Waals surface area contributed by atoms with E-state index in [2.05, 4.69) is 70.2 Å². The van der Waals surface area contributed by atoms with Crippen LogP contribution < -0.4 is 4.90 Å². The quantitative estimate of drug-likeness (QED) is 0.752. The maximum Gasteiger partial charge on any atom is 0.256 e. The second-order valence-electron chi connectivity index (χ2n) is 8.88. The van der Waals surface area contributed by atoms with E-state index < -0.39 is 0 Å². The predicted molar refractivity (Wildman–Crippen MR) is 109 cm³/mol. The number of nitrogens with zero attached hydrogens (tertiary/aromatic N) is 1. The number of aryl methyl sites for hydroxylation is 1. The summed E-state index contributed by atoms with van der Waals surface area (Å²) in [7, 11) is 0. The molecule has 1 amide bonds. The Morgan fingerprint density at radius 1 is 1.07 bits per heavy atom. The van der Waals surface area contributed by atoms with Crippen LogP contribution >= 0.6 is 0 Å². The summed E-state index contributed by atoms with van der Waals surface area (Å²) < 4.78 is 5.73. The zero-order valence-electron chi connectivity index (χ0n) is 16.8. The van der Waals surface area contributed by atoms with Gasteiger partial charge < -0.3 is 9.64 Å². The number of hydrogen-bond acceptors (Lipinski definition) is 2. The summed E-state index contributed by atoms with van der Waals surface area (Å²) >= 11 is 0. The smallest absolute Gasteiger partial charge is 0.256 e. The number of amides is 1. The summed E-state index contributed by atoms with van der Waals surface area (Å²) in [6.45, 7) is 9.48. The highest BCUT2D eigenvalue weighted by atomic mass is 16.5. The Hall–Kier alpha value is -2.13. The molecule has 2 atom stereocenters. The van der Waals surface area contributed by atoms with E-state index >= 15 is 0 Å². The fourth-order valence-electron chi connectivity index (χ4n) is 5.01. The van der Waals surface area contributed by atoms with Crippen LogP contribution in [-0.2, 0) is 14.9 Å². The molecule has 1 fully saturated rings. The Balaban J connectivity index is 1.84. The minimum Gasteiger partial charge on any atom is -0.368 e. The van der Waals surface area contributed by atoms with Crippen LogP contribution in [0.2, 0.25) is 0 Å². The Morgan fingerprint density at radius 3 is 2.44 bits per heavy atom. The third-order valence-electron chi connectivity index (χ3n) is 6.25. The lowest BCUT2D eigenvalue weighted by molar-refractivity contribution is -0.128. The number of carbonyl (C=O) groups is 1. The highest BCUT2D eigenvalue weighted by molar-refractivity contribution is 5.99. The zero-order chi connectivity index (χ0) is 19.2. The molecular weight excluding hydrogens is 334 g/mol. The average Bonchev–Trinajstić information content (AvgIpc) is 3.16. The zero-order valence-corrected chi connectivity index (χ0v) is 16.8. The normalized spacial score (nSPS) is 26.7. The first kappa shape index (κ1) is 18.2. The second kappa shape index (κ2) is 6.49. The molecule has 0 spiro atoms. The van der Waals surface area contributed by atoms with Gasteiger partial charge in [0, 0.05) is 23.2 Å². The van der Waals surface area contributed by atoms with Crippen LogP contribution in [0.5, 0.6) is 0 Å². The number of carbonyl (C=O) groups excluding carboxylic acids is 1. The molecule has 3 nitrogen and oxygen atoms in total. The highest BCUT2D eigenvalue weighted by Gasteiger charge is 2.49. The van der Waals surface area contributed by atoms with Gasteiger partial charge in [0.2, 0.25) is 0 Å². The van der Waals surface area contributed by atoms with Gasteiger partial charge in [0.25, 0.3) is 5.91 Å². The molecule has 27 heavy (non-hydrogen) atoms. The molecule has 2 aromatic rings. The van der Waals surface area contributed by atoms with Gasteiger partial charge in [-0.1, -0.05) is 55.0 Å². The van der Waals surface area contributed by atoms with Crippen molar-refractivity contribution in [2.45, 2.75) is 64.0 Å². The van der Waals surface area contributed by atoms with Gasteiger partial charge >= 0.3 is 0 Å². The van der Waals surface area contributed by atoms with Gasteiger partial charge in [-0.3, -0.25) is 4.79 Å². The van der Waals surface area contributed by atoms with Crippen LogP contribution in [0.25, 0.3) is 0 Å². The number of ether oxygens (including phenoxy) is 1. The van der Waals surface area contributed by atoms with Gasteiger partial charge in [0.1, 0.15) is 6.10 Å². The lowest BCUT2D eigenvalue weighted by atomic mass is 9.65. The van der Waals surface area contributed by atoms with E-state index in [1.54, 1.807) is 0 Å². The number of hydrogen-bond donors (Lipinski definition) is 0. The summed E-state index contributed by atoms with van der Waals surface area (Å²) in [5.74, 6) is 0.107. The van der Waals surface area contributed by atoms with Crippen molar-refractivity contribution in [3.8, 4) is 0 Å². The van der Waals surface area contributed by atoms with Crippen molar-refractivity contribution in [3.63, 3.8) is 0 Å². The van der Waals surface area contributed by atoms with E-state index in [1.807, 2.05) is 11.0 Å². The van der Waals surface area contributed by atoms with Crippen molar-refractivity contribution < 1.29 is 9.53 Å². The Bertz CT molecular complexity index is 849. The van der Waals surface area contributed by atoms with Gasteiger partial charge in [-0.25, -0.2) is 0 Å². The van der Waals surface area contributed by atoms with E-state index in [0.717, 1.165) is 24.9 Å². The first-order chi connectivity index (χ1) is 12.8. The van der Waals surface area contributed by atoms with Gasteiger partial charge in [0.15, 0.2) is 0 Å². The van der Waals surface area contributed by atoms with E-state index in [4.69, 9.17) is 4.74 Å². The van der Waals surface area contributed by atoms with E-state index in [-0.39, 0.29) is 23.0 Å². The van der Waals surface area contributed by atoms with Crippen LogP contribution in [0, 0.1) is 6.92 Å². The molecule has 0 radical (unpaired) electrons. The van der Waals surface area contributed by atoms with Crippen molar-refractivity contribution in [3.05, 3.63) is 65.2 Å². The van der Waals surface area contributed by atoms with E-state index in [9.17, 15) is 4.79 Å². The fraction of sp³-hybridized carbons (Fsp3) is 0.458. The van der Waals surface area contributed by atoms with Crippen molar-refractivity contribution >= 4 is 11.6 Å². The fourth-order valence-corrected chi connectivity index (χ4v) is 5.01. The van der Waals surface area contributed by atoms with Crippen molar-refractivity contribution in [1.82, 2.24) is 0 Å². The molecule has 2 aliphatic rings. The number of rotatable bonds is 2. The highest BCUT2D eigenvalue weighted by Crippen LogP contribution is 2.50. The average molecular weight is 364 g/mol. The van der Waals surface area contributed by atoms with E-state index in [1.165, 1.54) is 16.7 Å². The number of anilines is 1. The summed E-state index contributed by atoms with van der Waals surface area (Å²) in [4.78, 5) is 15.4. The Kier molecular flexibility index (Phi) is 4.38. The minimum absolute atomic E-state index is 0.107. The summed E-state index contributed by atoms with van der Waals surface area (Å²) in [5.41, 5.74) is 4.38. The molecule has 0 saturated carbocycles. The maximum atomic E-state index is 13.4. The summed E-state index contributed by atoms with van der Waals surface area (Å²) in [6.07, 6.45) is 2.36. The van der Waals surface area contributed by atoms with Crippen molar-refractivity contribution in [2.24, 2.45) is 0 Å². The van der Waals surface area contributed by atoms with Gasteiger partial charge in [-0.2, -0.15) is 0 Å². The molecule has 2 aromatic carbocycles. The van der Waals surface area contributed by atoms with Gasteiger partial charge in [-0.05, 0) is 57.2 Å². The Morgan fingerprint density at radius 2 is 1.78 bits per heavy atom. The van der Waals surface area contributed by atoms with Gasteiger partial charge in [-0.15, -0.1) is 0 Å². The topological polar surface area (TPSA) is 29.5 Å². The number of fused-ring (bicyclic) bond motifs is 1. The third kappa shape index (κ3) is 2.98. The number of para-hydroxylation sites is 1. The monoisotopic (exact) mass is 363 g/mol. The molecule has 1 saturated heterocycles. The van der Waals surface area contributed by atoms with Crippen LogP contribution in [0.4, 0.5) is 5.69 Å². The minimum atomic E-state index is -0.305. The summed E-state index contributed by atoms with van der Waals surface area (Å²) in [5, 5.41) is 0. The standard InChI is InChI=1S/C24H29NO2/c1-17-11-13-18(14-12-17)24(4)16-23(2,3)25(20-9-6-5-8-19(20)24)22(26)21-10-7-15-27-21/h5-6,8-9,11-14,21H,7,10,15-16H2,1-4H3/t21-,24+/m1/s1. The second-order valence-corrected chi connectivity index (χ2v) is 8.88. The van der Waals surface area contributed by atoms with Gasteiger partial charge in [0.05, 0.1) is 0 Å². The molecule has 0 aromatic heterocycles. The lowest BCUT2D eigenvalue weighted by Gasteiger charge is -2.51. The Labute approximate surface area is 162 Å². The van der Waals surface area contributed by atoms with Crippen molar-refractivity contribution in [1.29, 1.82) is 0 Å². The molecule has 2 heterocycles. The molecule has 4 rings (SSSR count). The molecule has 0 aliphatic carbocycles. The largest absolute Gasteiger partial charge is 0.368 e. The van der Waals surface area contributed by atoms with Crippen molar-refractivity contribution in [2.75, 3.05) is 11.5 Å². The maximum absolute atomic E-state index is 13.4. The predicted octanol–water partition coefficient (Wildman–Crippen LogP) is 5.00. The SMILES string of the molecule is Cc1ccc([C@]2(C)CC(C)(C)N(C(=O)[C@H]3CCCO3)c3ccccc32)cc1. The van der Waals surface area contributed by atoms with Crippen LogP contribution in [-0.4, -0.2) is 24.2 Å². The van der Waals surface area contributed by atoms with Crippen LogP contribution in [0.15, 0.2) is 48.5 Å². The molecule has 0 N–H and O–H groups in total. The molecule has 2 aliphatic heterocycles. The summed E-state index contributed by atoms with van der Waals surface area (Å²) in [6, 6.07) is 17.2. The lowest BCUT2D eigenvalue weighted by Crippen LogP contribution is -2.58.